The molecule has 0 radical (unpaired) electrons. The van der Waals surface area contributed by atoms with Crippen molar-refractivity contribution in [2.45, 2.75) is 54.7 Å². The first-order valence-corrected chi connectivity index (χ1v) is 14.2. The normalized spacial score (nSPS) is 20.7. The Morgan fingerprint density at radius 1 is 0.613 bits per heavy atom. The van der Waals surface area contributed by atoms with Gasteiger partial charge in [0.1, 0.15) is 5.78 Å². The molecular weight excluding hydrogens is 432 g/mol. The van der Waals surface area contributed by atoms with Crippen LogP contribution >= 0.6 is 0 Å². The smallest absolute Gasteiger partial charge is 0.178 e. The SMILES string of the molecule is O=C1C(CCS(=O)(=O)c2ccccc2)CCCCCC1CCS(=O)(=O)c1ccccc1. The van der Waals surface area contributed by atoms with Crippen molar-refractivity contribution >= 4 is 25.5 Å². The van der Waals surface area contributed by atoms with E-state index in [2.05, 4.69) is 0 Å². The van der Waals surface area contributed by atoms with Gasteiger partial charge in [0, 0.05) is 11.8 Å². The number of carbonyl (C=O) groups excluding carboxylic acids is 1. The van der Waals surface area contributed by atoms with E-state index in [0.717, 1.165) is 19.3 Å². The monoisotopic (exact) mass is 462 g/mol. The molecule has 0 N–H and O–H groups in total. The third-order valence-electron chi connectivity index (χ3n) is 6.08. The average molecular weight is 463 g/mol. The van der Waals surface area contributed by atoms with Gasteiger partial charge in [-0.2, -0.15) is 0 Å². The Kier molecular flexibility index (Phi) is 8.06. The third-order valence-corrected chi connectivity index (χ3v) is 9.61. The Hall–Kier alpha value is -1.99. The van der Waals surface area contributed by atoms with Gasteiger partial charge in [0.25, 0.3) is 0 Å². The number of rotatable bonds is 8. The van der Waals surface area contributed by atoms with Crippen molar-refractivity contribution in [2.75, 3.05) is 11.5 Å². The highest BCUT2D eigenvalue weighted by Gasteiger charge is 2.30. The lowest BCUT2D eigenvalue weighted by atomic mass is 9.80. The summed E-state index contributed by atoms with van der Waals surface area (Å²) in [5.74, 6) is -0.761. The van der Waals surface area contributed by atoms with E-state index in [1.54, 1.807) is 60.7 Å². The van der Waals surface area contributed by atoms with Gasteiger partial charge in [-0.15, -0.1) is 0 Å². The molecule has 7 heteroatoms. The van der Waals surface area contributed by atoms with E-state index in [0.29, 0.717) is 12.8 Å². The first-order valence-electron chi connectivity index (χ1n) is 10.9. The summed E-state index contributed by atoms with van der Waals surface area (Å²) >= 11 is 0. The van der Waals surface area contributed by atoms with E-state index in [9.17, 15) is 21.6 Å². The highest BCUT2D eigenvalue weighted by Crippen LogP contribution is 2.30. The number of Topliss-reactive ketones (excluding diaryl/α,β-unsaturated/α-hetero) is 1. The molecular formula is C24H30O5S2. The first kappa shape index (κ1) is 23.7. The predicted octanol–water partition coefficient (Wildman–Crippen LogP) is 4.48. The number of hydrogen-bond acceptors (Lipinski definition) is 5. The van der Waals surface area contributed by atoms with E-state index < -0.39 is 19.7 Å². The largest absolute Gasteiger partial charge is 0.299 e. The van der Waals surface area contributed by atoms with Gasteiger partial charge >= 0.3 is 0 Å². The summed E-state index contributed by atoms with van der Waals surface area (Å²) in [6.45, 7) is 0. The van der Waals surface area contributed by atoms with Crippen LogP contribution in [0.1, 0.15) is 44.9 Å². The summed E-state index contributed by atoms with van der Waals surface area (Å²) in [5.41, 5.74) is 0. The lowest BCUT2D eigenvalue weighted by molar-refractivity contribution is -0.127. The van der Waals surface area contributed by atoms with Crippen LogP contribution in [0.3, 0.4) is 0 Å². The lowest BCUT2D eigenvalue weighted by Gasteiger charge is -2.25. The van der Waals surface area contributed by atoms with Gasteiger partial charge in [0.05, 0.1) is 21.3 Å². The Balaban J connectivity index is 1.66. The maximum absolute atomic E-state index is 13.2. The lowest BCUT2D eigenvalue weighted by Crippen LogP contribution is -2.29. The number of hydrogen-bond donors (Lipinski definition) is 0. The van der Waals surface area contributed by atoms with Gasteiger partial charge in [0.2, 0.25) is 0 Å². The molecule has 0 aromatic heterocycles. The zero-order chi connectivity index (χ0) is 22.3. The van der Waals surface area contributed by atoms with Crippen molar-refractivity contribution in [3.05, 3.63) is 60.7 Å². The maximum Gasteiger partial charge on any atom is 0.178 e. The summed E-state index contributed by atoms with van der Waals surface area (Å²) in [6.07, 6.45) is 4.71. The second-order valence-corrected chi connectivity index (χ2v) is 12.5. The molecule has 1 fully saturated rings. The Morgan fingerprint density at radius 2 is 1.00 bits per heavy atom. The van der Waals surface area contributed by atoms with Crippen molar-refractivity contribution in [1.29, 1.82) is 0 Å². The summed E-state index contributed by atoms with van der Waals surface area (Å²) < 4.78 is 50.6. The van der Waals surface area contributed by atoms with Crippen molar-refractivity contribution in [2.24, 2.45) is 11.8 Å². The van der Waals surface area contributed by atoms with Gasteiger partial charge in [0.15, 0.2) is 19.7 Å². The molecule has 31 heavy (non-hydrogen) atoms. The van der Waals surface area contributed by atoms with E-state index in [1.807, 2.05) is 0 Å². The molecule has 0 saturated heterocycles. The molecule has 1 aliphatic carbocycles. The Bertz CT molecular complexity index is 976. The van der Waals surface area contributed by atoms with E-state index in [-0.39, 0.29) is 51.8 Å². The molecule has 3 rings (SSSR count). The Labute approximate surface area is 185 Å². The summed E-state index contributed by atoms with van der Waals surface area (Å²) in [5, 5.41) is 0. The Morgan fingerprint density at radius 3 is 1.39 bits per heavy atom. The highest BCUT2D eigenvalue weighted by atomic mass is 32.2. The van der Waals surface area contributed by atoms with Crippen LogP contribution in [-0.2, 0) is 24.5 Å². The van der Waals surface area contributed by atoms with Crippen LogP contribution in [0.15, 0.2) is 70.5 Å². The molecule has 2 aromatic carbocycles. The molecule has 2 atom stereocenters. The average Bonchev–Trinajstić information content (AvgIpc) is 2.77. The van der Waals surface area contributed by atoms with Gasteiger partial charge in [-0.3, -0.25) is 4.79 Å². The molecule has 0 bridgehead atoms. The second-order valence-electron chi connectivity index (χ2n) is 8.28. The van der Waals surface area contributed by atoms with Crippen LogP contribution in [0.4, 0.5) is 0 Å². The molecule has 168 valence electrons. The van der Waals surface area contributed by atoms with Crippen molar-refractivity contribution in [3.63, 3.8) is 0 Å². The third kappa shape index (κ3) is 6.50. The molecule has 1 saturated carbocycles. The summed E-state index contributed by atoms with van der Waals surface area (Å²) in [4.78, 5) is 13.8. The second kappa shape index (κ2) is 10.6. The standard InChI is InChI=1S/C24H30O5S2/c25-24-20(16-18-30(26,27)22-12-6-2-7-13-22)10-4-1-5-11-21(24)17-19-31(28,29)23-14-8-3-9-15-23/h2-3,6-9,12-15,20-21H,1,4-5,10-11,16-19H2. The van der Waals surface area contributed by atoms with E-state index in [1.165, 1.54) is 0 Å². The molecule has 5 nitrogen and oxygen atoms in total. The van der Waals surface area contributed by atoms with Crippen molar-refractivity contribution in [3.8, 4) is 0 Å². The minimum atomic E-state index is -3.44. The minimum Gasteiger partial charge on any atom is -0.299 e. The van der Waals surface area contributed by atoms with Crippen LogP contribution in [0.2, 0.25) is 0 Å². The number of carbonyl (C=O) groups is 1. The van der Waals surface area contributed by atoms with Gasteiger partial charge < -0.3 is 0 Å². The molecule has 0 amide bonds. The van der Waals surface area contributed by atoms with E-state index >= 15 is 0 Å². The fourth-order valence-electron chi connectivity index (χ4n) is 4.24. The van der Waals surface area contributed by atoms with Crippen LogP contribution in [-0.4, -0.2) is 34.1 Å². The zero-order valence-electron chi connectivity index (χ0n) is 17.6. The zero-order valence-corrected chi connectivity index (χ0v) is 19.3. The number of benzene rings is 2. The molecule has 0 spiro atoms. The predicted molar refractivity (Wildman–Crippen MR) is 121 cm³/mol. The molecule has 2 aromatic rings. The number of ketones is 1. The highest BCUT2D eigenvalue weighted by molar-refractivity contribution is 7.91. The van der Waals surface area contributed by atoms with Crippen molar-refractivity contribution < 1.29 is 21.6 Å². The fourth-order valence-corrected chi connectivity index (χ4v) is 7.04. The molecule has 0 aliphatic heterocycles. The molecule has 1 aliphatic rings. The molecule has 2 unspecified atom stereocenters. The van der Waals surface area contributed by atoms with Gasteiger partial charge in [-0.1, -0.05) is 55.7 Å². The van der Waals surface area contributed by atoms with Crippen LogP contribution < -0.4 is 0 Å². The quantitative estimate of drug-likeness (QED) is 0.577. The number of sulfone groups is 2. The van der Waals surface area contributed by atoms with Crippen LogP contribution in [0.5, 0.6) is 0 Å². The van der Waals surface area contributed by atoms with Gasteiger partial charge in [-0.05, 0) is 49.9 Å². The topological polar surface area (TPSA) is 85.3 Å². The molecule has 0 heterocycles. The van der Waals surface area contributed by atoms with Gasteiger partial charge in [-0.25, -0.2) is 16.8 Å². The maximum atomic E-state index is 13.2. The fraction of sp³-hybridized carbons (Fsp3) is 0.458. The van der Waals surface area contributed by atoms with Crippen LogP contribution in [0.25, 0.3) is 0 Å². The minimum absolute atomic E-state index is 0.0335. The van der Waals surface area contributed by atoms with E-state index in [4.69, 9.17) is 0 Å². The summed E-state index contributed by atoms with van der Waals surface area (Å²) in [6, 6.07) is 16.6. The first-order chi connectivity index (χ1) is 14.8. The van der Waals surface area contributed by atoms with Crippen molar-refractivity contribution in [1.82, 2.24) is 0 Å². The summed E-state index contributed by atoms with van der Waals surface area (Å²) in [7, 11) is -6.88. The van der Waals surface area contributed by atoms with Crippen LogP contribution in [0, 0.1) is 11.8 Å².